The van der Waals surface area contributed by atoms with Gasteiger partial charge in [0, 0.05) is 37.8 Å². The van der Waals surface area contributed by atoms with Crippen LogP contribution >= 0.6 is 0 Å². The fraction of sp³-hybridized carbons (Fsp3) is 0.407. The molecule has 0 bridgehead atoms. The first-order chi connectivity index (χ1) is 18.9. The summed E-state index contributed by atoms with van der Waals surface area (Å²) in [5.41, 5.74) is 1.24. The molecule has 0 aliphatic carbocycles. The fourth-order valence-corrected chi connectivity index (χ4v) is 6.20. The third-order valence-electron chi connectivity index (χ3n) is 8.06. The molecule has 3 aliphatic rings. The van der Waals surface area contributed by atoms with Crippen molar-refractivity contribution in [2.45, 2.75) is 31.9 Å². The van der Waals surface area contributed by atoms with Crippen LogP contribution in [0.2, 0.25) is 0 Å². The van der Waals surface area contributed by atoms with Crippen LogP contribution < -0.4 is 10.6 Å². The SMILES string of the molecule is Fc1cnc(Nc2ccc(CN3CC4CNCC4C3)cn2)nc1-c1cc(F)c2nc3n(c2c1)[C@H](C(F)F)CC3. The number of benzene rings is 1. The van der Waals surface area contributed by atoms with Gasteiger partial charge in [0.25, 0.3) is 6.43 Å². The largest absolute Gasteiger partial charge is 0.319 e. The Morgan fingerprint density at radius 2 is 1.82 bits per heavy atom. The molecule has 7 rings (SSSR count). The van der Waals surface area contributed by atoms with Gasteiger partial charge in [-0.05, 0) is 55.1 Å². The van der Waals surface area contributed by atoms with E-state index < -0.39 is 24.1 Å². The van der Waals surface area contributed by atoms with Crippen LogP contribution in [-0.2, 0) is 13.0 Å². The van der Waals surface area contributed by atoms with Crippen molar-refractivity contribution in [3.63, 3.8) is 0 Å². The molecule has 6 heterocycles. The number of fused-ring (bicyclic) bond motifs is 4. The zero-order valence-electron chi connectivity index (χ0n) is 20.9. The number of anilines is 2. The Hall–Kier alpha value is -3.64. The molecular weight excluding hydrogens is 512 g/mol. The second-order valence-electron chi connectivity index (χ2n) is 10.6. The molecule has 3 aliphatic heterocycles. The monoisotopic (exact) mass is 538 g/mol. The van der Waals surface area contributed by atoms with Gasteiger partial charge in [-0.2, -0.15) is 0 Å². The summed E-state index contributed by atoms with van der Waals surface area (Å²) in [7, 11) is 0. The first-order valence-electron chi connectivity index (χ1n) is 13.1. The number of hydrogen-bond acceptors (Lipinski definition) is 7. The predicted molar refractivity (Wildman–Crippen MR) is 137 cm³/mol. The van der Waals surface area contributed by atoms with Gasteiger partial charge in [-0.15, -0.1) is 0 Å². The second-order valence-corrected chi connectivity index (χ2v) is 10.6. The van der Waals surface area contributed by atoms with E-state index in [0.717, 1.165) is 62.4 Å². The quantitative estimate of drug-likeness (QED) is 0.354. The van der Waals surface area contributed by atoms with Gasteiger partial charge >= 0.3 is 0 Å². The number of alkyl halides is 2. The van der Waals surface area contributed by atoms with Gasteiger partial charge in [0.1, 0.15) is 22.9 Å². The Bertz CT molecular complexity index is 1530. The van der Waals surface area contributed by atoms with Crippen molar-refractivity contribution < 1.29 is 17.6 Å². The van der Waals surface area contributed by atoms with Crippen LogP contribution in [0.15, 0.2) is 36.7 Å². The summed E-state index contributed by atoms with van der Waals surface area (Å²) >= 11 is 0. The number of hydrogen-bond donors (Lipinski definition) is 2. The van der Waals surface area contributed by atoms with E-state index in [-0.39, 0.29) is 34.7 Å². The van der Waals surface area contributed by atoms with E-state index in [2.05, 4.69) is 35.5 Å². The van der Waals surface area contributed by atoms with E-state index in [1.807, 2.05) is 12.1 Å². The van der Waals surface area contributed by atoms with Gasteiger partial charge in [0.15, 0.2) is 11.6 Å². The lowest BCUT2D eigenvalue weighted by atomic mass is 10.0. The van der Waals surface area contributed by atoms with Crippen molar-refractivity contribution in [3.8, 4) is 11.3 Å². The van der Waals surface area contributed by atoms with Crippen LogP contribution in [0, 0.1) is 23.5 Å². The lowest BCUT2D eigenvalue weighted by molar-refractivity contribution is 0.0883. The molecule has 202 valence electrons. The van der Waals surface area contributed by atoms with Gasteiger partial charge in [-0.3, -0.25) is 4.90 Å². The van der Waals surface area contributed by atoms with Gasteiger partial charge in [-0.1, -0.05) is 6.07 Å². The van der Waals surface area contributed by atoms with Crippen molar-refractivity contribution >= 4 is 22.8 Å². The number of rotatable bonds is 6. The van der Waals surface area contributed by atoms with Crippen molar-refractivity contribution in [2.24, 2.45) is 11.8 Å². The van der Waals surface area contributed by atoms with E-state index in [0.29, 0.717) is 18.1 Å². The topological polar surface area (TPSA) is 83.8 Å². The number of pyridine rings is 1. The number of aryl methyl sites for hydroxylation is 1. The molecule has 0 saturated carbocycles. The minimum Gasteiger partial charge on any atom is -0.319 e. The van der Waals surface area contributed by atoms with Gasteiger partial charge < -0.3 is 15.2 Å². The average molecular weight is 539 g/mol. The summed E-state index contributed by atoms with van der Waals surface area (Å²) in [4.78, 5) is 19.4. The third-order valence-corrected chi connectivity index (χ3v) is 8.06. The highest BCUT2D eigenvalue weighted by atomic mass is 19.3. The van der Waals surface area contributed by atoms with Crippen molar-refractivity contribution in [3.05, 3.63) is 59.7 Å². The van der Waals surface area contributed by atoms with E-state index in [9.17, 15) is 17.6 Å². The molecule has 0 spiro atoms. The molecule has 39 heavy (non-hydrogen) atoms. The number of imidazole rings is 1. The van der Waals surface area contributed by atoms with Crippen molar-refractivity contribution in [1.29, 1.82) is 0 Å². The van der Waals surface area contributed by atoms with E-state index >= 15 is 0 Å². The maximum absolute atomic E-state index is 15.0. The Kier molecular flexibility index (Phi) is 5.96. The molecule has 8 nitrogen and oxygen atoms in total. The number of aromatic nitrogens is 5. The predicted octanol–water partition coefficient (Wildman–Crippen LogP) is 4.31. The highest BCUT2D eigenvalue weighted by Gasteiger charge is 2.36. The van der Waals surface area contributed by atoms with Crippen LogP contribution in [-0.4, -0.2) is 62.0 Å². The molecule has 0 radical (unpaired) electrons. The molecule has 0 amide bonds. The molecule has 2 N–H and O–H groups in total. The fourth-order valence-electron chi connectivity index (χ4n) is 6.20. The molecule has 3 aromatic heterocycles. The highest BCUT2D eigenvalue weighted by Crippen LogP contribution is 2.37. The van der Waals surface area contributed by atoms with E-state index in [4.69, 9.17) is 0 Å². The minimum atomic E-state index is -2.62. The number of likely N-dealkylation sites (tertiary alicyclic amines) is 1. The zero-order valence-corrected chi connectivity index (χ0v) is 20.9. The molecule has 12 heteroatoms. The van der Waals surface area contributed by atoms with Crippen LogP contribution in [0.4, 0.5) is 29.3 Å². The minimum absolute atomic E-state index is 0.00925. The van der Waals surface area contributed by atoms with Gasteiger partial charge in [0.2, 0.25) is 5.95 Å². The Balaban J connectivity index is 1.12. The first-order valence-corrected chi connectivity index (χ1v) is 13.1. The molecule has 1 aromatic carbocycles. The number of nitrogens with zero attached hydrogens (tertiary/aromatic N) is 6. The lowest BCUT2D eigenvalue weighted by Crippen LogP contribution is -2.25. The van der Waals surface area contributed by atoms with Crippen LogP contribution in [0.25, 0.3) is 22.3 Å². The molecule has 3 atom stereocenters. The normalized spacial score (nSPS) is 22.6. The van der Waals surface area contributed by atoms with Gasteiger partial charge in [-0.25, -0.2) is 37.5 Å². The first kappa shape index (κ1) is 24.4. The van der Waals surface area contributed by atoms with Gasteiger partial charge in [0.05, 0.1) is 17.8 Å². The maximum atomic E-state index is 15.0. The second kappa shape index (κ2) is 9.53. The zero-order chi connectivity index (χ0) is 26.7. The van der Waals surface area contributed by atoms with Crippen LogP contribution in [0.5, 0.6) is 0 Å². The third kappa shape index (κ3) is 4.41. The molecule has 4 aromatic rings. The highest BCUT2D eigenvalue weighted by molar-refractivity contribution is 5.83. The number of halogens is 4. The molecule has 2 saturated heterocycles. The summed E-state index contributed by atoms with van der Waals surface area (Å²) in [6.07, 6.45) is 0.718. The summed E-state index contributed by atoms with van der Waals surface area (Å²) in [5.74, 6) is 0.915. The summed E-state index contributed by atoms with van der Waals surface area (Å²) < 4.78 is 58.4. The average Bonchev–Trinajstić information content (AvgIpc) is 3.68. The van der Waals surface area contributed by atoms with Crippen LogP contribution in [0.1, 0.15) is 23.9 Å². The molecule has 2 unspecified atom stereocenters. The standard InChI is InChI=1S/C27H26F4N8/c28-18-5-15(6-21-25(18)36-23-4-2-20(26(30)31)39(21)23)24-19(29)10-34-27(37-24)35-22-3-1-14(7-33-22)11-38-12-16-8-32-9-17(16)13-38/h1,3,5-7,10,16-17,20,26,32H,2,4,8-9,11-13H2,(H,33,34,35,37)/t16?,17?,20-/m0/s1. The Morgan fingerprint density at radius 1 is 1.00 bits per heavy atom. The Morgan fingerprint density at radius 3 is 2.56 bits per heavy atom. The van der Waals surface area contributed by atoms with Crippen LogP contribution in [0.3, 0.4) is 0 Å². The Labute approximate surface area is 221 Å². The smallest absolute Gasteiger partial charge is 0.259 e. The van der Waals surface area contributed by atoms with E-state index in [1.165, 1.54) is 10.6 Å². The maximum Gasteiger partial charge on any atom is 0.259 e. The molecule has 2 fully saturated rings. The van der Waals surface area contributed by atoms with E-state index in [1.54, 1.807) is 6.20 Å². The molecular formula is C27H26F4N8. The summed E-state index contributed by atoms with van der Waals surface area (Å²) in [6.45, 7) is 5.17. The number of nitrogens with one attached hydrogen (secondary N) is 2. The lowest BCUT2D eigenvalue weighted by Gasteiger charge is -2.17. The summed E-state index contributed by atoms with van der Waals surface area (Å²) in [6, 6.07) is 5.28. The van der Waals surface area contributed by atoms with Crippen molar-refractivity contribution in [2.75, 3.05) is 31.5 Å². The summed E-state index contributed by atoms with van der Waals surface area (Å²) in [5, 5.41) is 6.42. The van der Waals surface area contributed by atoms with Crippen molar-refractivity contribution in [1.82, 2.24) is 34.7 Å².